The molecule has 0 spiro atoms. The molecule has 0 radical (unpaired) electrons. The monoisotopic (exact) mass is 352 g/mol. The molecule has 1 unspecified atom stereocenters. The fourth-order valence-electron chi connectivity index (χ4n) is 3.28. The first-order valence-corrected chi connectivity index (χ1v) is 9.38. The maximum Gasteiger partial charge on any atom is 0.286 e. The number of nitrogens with one attached hydrogen (secondary N) is 1. The van der Waals surface area contributed by atoms with Crippen LogP contribution in [0.5, 0.6) is 0 Å². The largest absolute Gasteiger partial charge is 0.351 e. The predicted molar refractivity (Wildman–Crippen MR) is 102 cm³/mol. The Balaban J connectivity index is 1.56. The molecule has 0 saturated carbocycles. The number of rotatable bonds is 2. The molecule has 2 aromatic rings. The molecule has 2 aliphatic rings. The van der Waals surface area contributed by atoms with Crippen molar-refractivity contribution in [2.45, 2.75) is 19.8 Å². The molecule has 0 aliphatic carbocycles. The van der Waals surface area contributed by atoms with Crippen molar-refractivity contribution in [1.82, 2.24) is 15.1 Å². The van der Waals surface area contributed by atoms with Crippen LogP contribution in [-0.4, -0.2) is 39.3 Å². The van der Waals surface area contributed by atoms with E-state index in [4.69, 9.17) is 0 Å². The third-order valence-corrected chi connectivity index (χ3v) is 5.60. The number of aromatic nitrogens is 2. The van der Waals surface area contributed by atoms with Gasteiger partial charge in [0.2, 0.25) is 0 Å². The van der Waals surface area contributed by atoms with Crippen LogP contribution in [0.15, 0.2) is 46.4 Å². The van der Waals surface area contributed by atoms with Crippen molar-refractivity contribution in [2.75, 3.05) is 13.1 Å². The molecular formula is C19H20N4OS. The average molecular weight is 352 g/mol. The molecule has 1 saturated heterocycles. The maximum absolute atomic E-state index is 12.3. The van der Waals surface area contributed by atoms with Crippen LogP contribution >= 0.6 is 11.8 Å². The van der Waals surface area contributed by atoms with Crippen molar-refractivity contribution >= 4 is 28.9 Å². The molecule has 2 aliphatic heterocycles. The van der Waals surface area contributed by atoms with Gasteiger partial charge in [0, 0.05) is 24.2 Å². The average Bonchev–Trinajstić information content (AvgIpc) is 3.23. The van der Waals surface area contributed by atoms with E-state index >= 15 is 0 Å². The van der Waals surface area contributed by atoms with E-state index in [9.17, 15) is 4.79 Å². The number of carbonyl (C=O) groups is 1. The van der Waals surface area contributed by atoms with E-state index in [0.29, 0.717) is 10.8 Å². The van der Waals surface area contributed by atoms with E-state index in [-0.39, 0.29) is 5.91 Å². The normalized spacial score (nSPS) is 22.5. The summed E-state index contributed by atoms with van der Waals surface area (Å²) in [6.07, 6.45) is 6.06. The number of piperidine rings is 1. The zero-order valence-electron chi connectivity index (χ0n) is 14.1. The van der Waals surface area contributed by atoms with Gasteiger partial charge in [-0.2, -0.15) is 10.1 Å². The highest BCUT2D eigenvalue weighted by molar-refractivity contribution is 8.18. The number of carbonyl (C=O) groups excluding carboxylic acids is 1. The summed E-state index contributed by atoms with van der Waals surface area (Å²) in [5.41, 5.74) is 2.88. The van der Waals surface area contributed by atoms with Crippen LogP contribution in [0.2, 0.25) is 0 Å². The molecule has 1 aromatic carbocycles. The van der Waals surface area contributed by atoms with Gasteiger partial charge in [0.25, 0.3) is 5.91 Å². The molecule has 0 bridgehead atoms. The summed E-state index contributed by atoms with van der Waals surface area (Å²) in [7, 11) is 0. The molecule has 1 N–H and O–H groups in total. The zero-order valence-corrected chi connectivity index (χ0v) is 14.9. The Kier molecular flexibility index (Phi) is 4.44. The van der Waals surface area contributed by atoms with Crippen LogP contribution in [0, 0.1) is 5.92 Å². The number of amidine groups is 1. The molecule has 1 fully saturated rings. The third-order valence-electron chi connectivity index (χ3n) is 4.55. The van der Waals surface area contributed by atoms with E-state index < -0.39 is 0 Å². The number of amides is 1. The predicted octanol–water partition coefficient (Wildman–Crippen LogP) is 3.78. The summed E-state index contributed by atoms with van der Waals surface area (Å²) in [6, 6.07) is 10.0. The number of thioether (sulfide) groups is 1. The summed E-state index contributed by atoms with van der Waals surface area (Å²) in [4.78, 5) is 19.5. The number of nitrogens with zero attached hydrogens (tertiary/aromatic N) is 3. The van der Waals surface area contributed by atoms with E-state index in [0.717, 1.165) is 41.5 Å². The highest BCUT2D eigenvalue weighted by Gasteiger charge is 2.28. The molecule has 6 heteroatoms. The van der Waals surface area contributed by atoms with Crippen molar-refractivity contribution in [3.05, 3.63) is 47.0 Å². The number of hydrogen-bond donors (Lipinski definition) is 1. The van der Waals surface area contributed by atoms with Crippen molar-refractivity contribution in [2.24, 2.45) is 10.9 Å². The number of hydrogen-bond acceptors (Lipinski definition) is 4. The van der Waals surface area contributed by atoms with Crippen molar-refractivity contribution in [1.29, 1.82) is 0 Å². The van der Waals surface area contributed by atoms with Crippen LogP contribution in [-0.2, 0) is 4.79 Å². The number of aromatic amines is 1. The second-order valence-corrected chi connectivity index (χ2v) is 7.58. The van der Waals surface area contributed by atoms with Crippen LogP contribution in [0.3, 0.4) is 0 Å². The first-order chi connectivity index (χ1) is 12.2. The Labute approximate surface area is 151 Å². The van der Waals surface area contributed by atoms with Crippen LogP contribution < -0.4 is 0 Å². The minimum Gasteiger partial charge on any atom is -0.351 e. The summed E-state index contributed by atoms with van der Waals surface area (Å²) >= 11 is 1.48. The second kappa shape index (κ2) is 6.88. The van der Waals surface area contributed by atoms with Crippen LogP contribution in [0.4, 0.5) is 0 Å². The molecule has 25 heavy (non-hydrogen) atoms. The van der Waals surface area contributed by atoms with Gasteiger partial charge in [-0.3, -0.25) is 9.89 Å². The number of likely N-dealkylation sites (tertiary alicyclic amines) is 1. The number of benzene rings is 1. The first-order valence-electron chi connectivity index (χ1n) is 8.57. The SMILES string of the molecule is CC1CCCN(C2=NC(=O)/C(=C/c3cn[nH]c3-c3ccccc3)S2)C1. The Hall–Kier alpha value is -2.34. The highest BCUT2D eigenvalue weighted by Crippen LogP contribution is 2.33. The van der Waals surface area contributed by atoms with Gasteiger partial charge in [0.1, 0.15) is 0 Å². The molecule has 5 nitrogen and oxygen atoms in total. The molecule has 4 rings (SSSR count). The first kappa shape index (κ1) is 16.1. The Bertz CT molecular complexity index is 840. The molecule has 3 heterocycles. The minimum atomic E-state index is -0.154. The van der Waals surface area contributed by atoms with Gasteiger partial charge in [-0.15, -0.1) is 0 Å². The van der Waals surface area contributed by atoms with Gasteiger partial charge in [-0.1, -0.05) is 37.3 Å². The minimum absolute atomic E-state index is 0.154. The van der Waals surface area contributed by atoms with Crippen LogP contribution in [0.1, 0.15) is 25.3 Å². The standard InChI is InChI=1S/C19H20N4OS/c1-13-6-5-9-23(12-13)19-21-18(24)16(25-19)10-15-11-20-22-17(15)14-7-3-2-4-8-14/h2-4,7-8,10-11,13H,5-6,9,12H2,1H3,(H,20,22)/b16-10-. The van der Waals surface area contributed by atoms with Crippen molar-refractivity contribution in [3.63, 3.8) is 0 Å². The van der Waals surface area contributed by atoms with Gasteiger partial charge in [0.05, 0.1) is 16.8 Å². The Morgan fingerprint density at radius 2 is 2.16 bits per heavy atom. The van der Waals surface area contributed by atoms with E-state index in [2.05, 4.69) is 27.0 Å². The summed E-state index contributed by atoms with van der Waals surface area (Å²) < 4.78 is 0. The lowest BCUT2D eigenvalue weighted by molar-refractivity contribution is -0.113. The Morgan fingerprint density at radius 1 is 1.32 bits per heavy atom. The van der Waals surface area contributed by atoms with Crippen LogP contribution in [0.25, 0.3) is 17.3 Å². The molecule has 1 amide bonds. The van der Waals surface area contributed by atoms with Crippen molar-refractivity contribution < 1.29 is 4.79 Å². The molecule has 1 atom stereocenters. The Morgan fingerprint density at radius 3 is 2.96 bits per heavy atom. The molecule has 128 valence electrons. The van der Waals surface area contributed by atoms with Gasteiger partial charge >= 0.3 is 0 Å². The lowest BCUT2D eigenvalue weighted by Gasteiger charge is -2.31. The van der Waals surface area contributed by atoms with Gasteiger partial charge in [-0.05, 0) is 36.6 Å². The fraction of sp³-hybridized carbons (Fsp3) is 0.316. The summed E-state index contributed by atoms with van der Waals surface area (Å²) in [6.45, 7) is 4.22. The molecular weight excluding hydrogens is 332 g/mol. The molecule has 1 aromatic heterocycles. The quantitative estimate of drug-likeness (QED) is 0.836. The zero-order chi connectivity index (χ0) is 17.2. The van der Waals surface area contributed by atoms with Gasteiger partial charge in [-0.25, -0.2) is 0 Å². The van der Waals surface area contributed by atoms with Crippen molar-refractivity contribution in [3.8, 4) is 11.3 Å². The summed E-state index contributed by atoms with van der Waals surface area (Å²) in [5.74, 6) is 0.497. The van der Waals surface area contributed by atoms with E-state index in [1.165, 1.54) is 18.2 Å². The highest BCUT2D eigenvalue weighted by atomic mass is 32.2. The lowest BCUT2D eigenvalue weighted by atomic mass is 10.0. The second-order valence-electron chi connectivity index (χ2n) is 6.57. The smallest absolute Gasteiger partial charge is 0.286 e. The topological polar surface area (TPSA) is 61.4 Å². The van der Waals surface area contributed by atoms with Gasteiger partial charge in [0.15, 0.2) is 5.17 Å². The van der Waals surface area contributed by atoms with E-state index in [1.807, 2.05) is 36.4 Å². The van der Waals surface area contributed by atoms with Gasteiger partial charge < -0.3 is 4.90 Å². The van der Waals surface area contributed by atoms with E-state index in [1.54, 1.807) is 6.20 Å². The summed E-state index contributed by atoms with van der Waals surface area (Å²) in [5, 5.41) is 8.02. The maximum atomic E-state index is 12.3. The third kappa shape index (κ3) is 3.39. The lowest BCUT2D eigenvalue weighted by Crippen LogP contribution is -2.37. The number of H-pyrrole nitrogens is 1. The number of aliphatic imine (C=N–C) groups is 1. The fourth-order valence-corrected chi connectivity index (χ4v) is 4.22.